The topological polar surface area (TPSA) is 171 Å². The third-order valence-electron chi connectivity index (χ3n) is 6.07. The molecule has 12 nitrogen and oxygen atoms in total. The molecule has 1 aliphatic heterocycles. The highest BCUT2D eigenvalue weighted by Gasteiger charge is 2.45. The minimum Gasteiger partial charge on any atom is -0.497 e. The summed E-state index contributed by atoms with van der Waals surface area (Å²) >= 11 is 0. The van der Waals surface area contributed by atoms with Crippen molar-refractivity contribution in [2.45, 2.75) is 44.1 Å². The Balaban J connectivity index is 1.47. The molecule has 0 radical (unpaired) electrons. The number of aliphatic hydroxyl groups excluding tert-OH is 3. The maximum atomic E-state index is 13.1. The Morgan fingerprint density at radius 2 is 1.62 bits per heavy atom. The average Bonchev–Trinajstić information content (AvgIpc) is 2.93. The zero-order valence-electron chi connectivity index (χ0n) is 21.1. The molecule has 39 heavy (non-hydrogen) atoms. The number of rotatable bonds is 9. The molecule has 2 heterocycles. The maximum absolute atomic E-state index is 13.1. The van der Waals surface area contributed by atoms with Crippen LogP contribution in [0.15, 0.2) is 57.9 Å². The third kappa shape index (κ3) is 6.37. The summed E-state index contributed by atoms with van der Waals surface area (Å²) in [5, 5.41) is 31.2. The van der Waals surface area contributed by atoms with Crippen LogP contribution in [0.5, 0.6) is 11.5 Å². The minimum atomic E-state index is -1.69. The van der Waals surface area contributed by atoms with Gasteiger partial charge in [-0.15, -0.1) is 0 Å². The van der Waals surface area contributed by atoms with Gasteiger partial charge in [0.1, 0.15) is 60.8 Å². The summed E-state index contributed by atoms with van der Waals surface area (Å²) in [7, 11) is 1.54. The molecule has 12 heteroatoms. The molecule has 4 rings (SSSR count). The van der Waals surface area contributed by atoms with Crippen molar-refractivity contribution < 1.29 is 53.0 Å². The van der Waals surface area contributed by atoms with Crippen molar-refractivity contribution in [1.29, 1.82) is 0 Å². The van der Waals surface area contributed by atoms with Crippen molar-refractivity contribution in [3.8, 4) is 22.6 Å². The number of esters is 2. The maximum Gasteiger partial charge on any atom is 0.317 e. The fourth-order valence-electron chi connectivity index (χ4n) is 3.99. The predicted molar refractivity (Wildman–Crippen MR) is 134 cm³/mol. The second kappa shape index (κ2) is 12.3. The molecule has 0 bridgehead atoms. The summed E-state index contributed by atoms with van der Waals surface area (Å²) in [6.45, 7) is 1.16. The summed E-state index contributed by atoms with van der Waals surface area (Å²) < 4.78 is 31.6. The molecule has 2 aromatic carbocycles. The molecule has 1 aliphatic rings. The van der Waals surface area contributed by atoms with E-state index in [1.165, 1.54) is 24.5 Å². The van der Waals surface area contributed by atoms with E-state index in [9.17, 15) is 29.7 Å². The van der Waals surface area contributed by atoms with Crippen LogP contribution in [0.2, 0.25) is 0 Å². The van der Waals surface area contributed by atoms with Crippen molar-refractivity contribution in [2.75, 3.05) is 20.3 Å². The van der Waals surface area contributed by atoms with Gasteiger partial charge >= 0.3 is 11.9 Å². The van der Waals surface area contributed by atoms with E-state index in [1.807, 2.05) is 0 Å². The van der Waals surface area contributed by atoms with E-state index in [0.29, 0.717) is 16.9 Å². The molecule has 3 N–H and O–H groups in total. The Labute approximate surface area is 222 Å². The molecule has 0 aliphatic carbocycles. The SMILES string of the molecule is CCOC(=O)CC(=O)OCC1OC(Oc2ccc3c(=O)c(-c4ccc(OC)cc4)coc3c2)C(O)C(O)C1O. The van der Waals surface area contributed by atoms with Crippen LogP contribution in [0, 0.1) is 0 Å². The van der Waals surface area contributed by atoms with Gasteiger partial charge in [0, 0.05) is 6.07 Å². The van der Waals surface area contributed by atoms with Crippen molar-refractivity contribution in [3.05, 3.63) is 59.0 Å². The first-order chi connectivity index (χ1) is 18.7. The van der Waals surface area contributed by atoms with Gasteiger partial charge in [-0.1, -0.05) is 12.1 Å². The molecule has 1 fully saturated rings. The highest BCUT2D eigenvalue weighted by molar-refractivity contribution is 5.91. The Morgan fingerprint density at radius 1 is 0.923 bits per heavy atom. The van der Waals surface area contributed by atoms with Crippen LogP contribution < -0.4 is 14.9 Å². The lowest BCUT2D eigenvalue weighted by Crippen LogP contribution is -2.60. The van der Waals surface area contributed by atoms with Crippen LogP contribution in [0.25, 0.3) is 22.1 Å². The van der Waals surface area contributed by atoms with Gasteiger partial charge in [-0.25, -0.2) is 0 Å². The van der Waals surface area contributed by atoms with E-state index in [4.69, 9.17) is 23.4 Å². The summed E-state index contributed by atoms with van der Waals surface area (Å²) in [5.74, 6) is -0.912. The summed E-state index contributed by atoms with van der Waals surface area (Å²) in [5.41, 5.74) is 0.921. The Hall–Kier alpha value is -3.97. The number of aliphatic hydroxyl groups is 3. The molecular weight excluding hydrogens is 516 g/mol. The van der Waals surface area contributed by atoms with E-state index in [1.54, 1.807) is 38.3 Å². The third-order valence-corrected chi connectivity index (χ3v) is 6.07. The monoisotopic (exact) mass is 544 g/mol. The number of benzene rings is 2. The van der Waals surface area contributed by atoms with Gasteiger partial charge in [0.15, 0.2) is 5.43 Å². The lowest BCUT2D eigenvalue weighted by Gasteiger charge is -2.39. The highest BCUT2D eigenvalue weighted by Crippen LogP contribution is 2.28. The molecule has 5 unspecified atom stereocenters. The summed E-state index contributed by atoms with van der Waals surface area (Å²) in [4.78, 5) is 36.3. The van der Waals surface area contributed by atoms with Gasteiger partial charge in [-0.05, 0) is 36.8 Å². The fraction of sp³-hybridized carbons (Fsp3) is 0.370. The normalized spacial score (nSPS) is 22.7. The van der Waals surface area contributed by atoms with Gasteiger partial charge in [-0.3, -0.25) is 14.4 Å². The van der Waals surface area contributed by atoms with Crippen molar-refractivity contribution >= 4 is 22.9 Å². The number of carbonyl (C=O) groups is 2. The number of carbonyl (C=O) groups excluding carboxylic acids is 2. The van der Waals surface area contributed by atoms with Gasteiger partial charge in [0.25, 0.3) is 0 Å². The standard InChI is InChI=1S/C27H28O12/c1-3-35-21(28)11-22(29)37-13-20-24(31)25(32)26(33)27(39-20)38-16-8-9-17-19(10-16)36-12-18(23(17)30)14-4-6-15(34-2)7-5-14/h4-10,12,20,24-27,31-33H,3,11,13H2,1-2H3. The predicted octanol–water partition coefficient (Wildman–Crippen LogP) is 1.15. The molecule has 5 atom stereocenters. The summed E-state index contributed by atoms with van der Waals surface area (Å²) in [6, 6.07) is 11.3. The van der Waals surface area contributed by atoms with Crippen molar-refractivity contribution in [1.82, 2.24) is 0 Å². The number of methoxy groups -OCH3 is 1. The molecule has 0 saturated carbocycles. The first-order valence-electron chi connectivity index (χ1n) is 12.1. The second-order valence-electron chi connectivity index (χ2n) is 8.66. The molecule has 1 aromatic heterocycles. The zero-order valence-corrected chi connectivity index (χ0v) is 21.1. The van der Waals surface area contributed by atoms with Gasteiger partial charge < -0.3 is 43.4 Å². The first kappa shape index (κ1) is 28.0. The smallest absolute Gasteiger partial charge is 0.317 e. The van der Waals surface area contributed by atoms with E-state index in [-0.39, 0.29) is 28.8 Å². The Morgan fingerprint density at radius 3 is 2.31 bits per heavy atom. The van der Waals surface area contributed by atoms with Crippen LogP contribution in [0.4, 0.5) is 0 Å². The number of fused-ring (bicyclic) bond motifs is 1. The average molecular weight is 545 g/mol. The molecule has 3 aromatic rings. The minimum absolute atomic E-state index is 0.0989. The molecule has 0 spiro atoms. The fourth-order valence-corrected chi connectivity index (χ4v) is 3.99. The second-order valence-corrected chi connectivity index (χ2v) is 8.66. The lowest BCUT2D eigenvalue weighted by atomic mass is 9.99. The molecule has 0 amide bonds. The largest absolute Gasteiger partial charge is 0.497 e. The van der Waals surface area contributed by atoms with Gasteiger partial charge in [0.2, 0.25) is 6.29 Å². The van der Waals surface area contributed by atoms with Crippen molar-refractivity contribution in [3.63, 3.8) is 0 Å². The zero-order chi connectivity index (χ0) is 28.1. The highest BCUT2D eigenvalue weighted by atomic mass is 16.7. The molecular formula is C27H28O12. The van der Waals surface area contributed by atoms with E-state index < -0.39 is 55.7 Å². The number of ether oxygens (including phenoxy) is 5. The van der Waals surface area contributed by atoms with E-state index in [2.05, 4.69) is 4.74 Å². The van der Waals surface area contributed by atoms with Crippen LogP contribution in [0.3, 0.4) is 0 Å². The van der Waals surface area contributed by atoms with Crippen LogP contribution in [-0.2, 0) is 23.8 Å². The molecule has 208 valence electrons. The summed E-state index contributed by atoms with van der Waals surface area (Å²) in [6.07, 6.45) is -7.02. The Kier molecular flexibility index (Phi) is 8.82. The van der Waals surface area contributed by atoms with E-state index >= 15 is 0 Å². The Bertz CT molecular complexity index is 1370. The van der Waals surface area contributed by atoms with Crippen LogP contribution in [0.1, 0.15) is 13.3 Å². The first-order valence-corrected chi connectivity index (χ1v) is 12.1. The lowest BCUT2D eigenvalue weighted by molar-refractivity contribution is -0.278. The van der Waals surface area contributed by atoms with E-state index in [0.717, 1.165) is 0 Å². The van der Waals surface area contributed by atoms with Crippen LogP contribution >= 0.6 is 0 Å². The van der Waals surface area contributed by atoms with Gasteiger partial charge in [-0.2, -0.15) is 0 Å². The van der Waals surface area contributed by atoms with Crippen molar-refractivity contribution in [2.24, 2.45) is 0 Å². The number of hydrogen-bond acceptors (Lipinski definition) is 12. The number of hydrogen-bond donors (Lipinski definition) is 3. The van der Waals surface area contributed by atoms with Gasteiger partial charge in [0.05, 0.1) is 24.7 Å². The molecule has 1 saturated heterocycles. The van der Waals surface area contributed by atoms with Crippen LogP contribution in [-0.4, -0.2) is 78.3 Å². The quantitative estimate of drug-likeness (QED) is 0.260.